The molecule has 5 heteroatoms. The van der Waals surface area contributed by atoms with Crippen LogP contribution in [0.3, 0.4) is 0 Å². The lowest BCUT2D eigenvalue weighted by Crippen LogP contribution is -2.06. The number of fused-ring (bicyclic) bond motifs is 2. The van der Waals surface area contributed by atoms with Gasteiger partial charge in [0.2, 0.25) is 0 Å². The third-order valence-corrected chi connectivity index (χ3v) is 3.94. The summed E-state index contributed by atoms with van der Waals surface area (Å²) in [7, 11) is 0. The van der Waals surface area contributed by atoms with Crippen LogP contribution in [-0.2, 0) is 4.79 Å². The van der Waals surface area contributed by atoms with E-state index in [1.54, 1.807) is 6.07 Å². The topological polar surface area (TPSA) is 65.8 Å². The molecule has 114 valence electrons. The van der Waals surface area contributed by atoms with Gasteiger partial charge >= 0.3 is 0 Å². The van der Waals surface area contributed by atoms with Gasteiger partial charge in [-0.2, -0.15) is 5.26 Å². The minimum absolute atomic E-state index is 0.127. The van der Waals surface area contributed by atoms with E-state index in [1.807, 2.05) is 36.4 Å². The Hall–Kier alpha value is -3.52. The zero-order valence-electron chi connectivity index (χ0n) is 12.4. The Morgan fingerprint density at radius 2 is 1.96 bits per heavy atom. The summed E-state index contributed by atoms with van der Waals surface area (Å²) in [4.78, 5) is 16.8. The molecule has 0 unspecified atom stereocenters. The number of pyridine rings is 1. The number of amides is 1. The number of nitrogens with zero attached hydrogens (tertiary/aromatic N) is 2. The Morgan fingerprint density at radius 1 is 1.12 bits per heavy atom. The molecule has 1 aliphatic heterocycles. The Kier molecular flexibility index (Phi) is 3.10. The van der Waals surface area contributed by atoms with Crippen LogP contribution in [0.1, 0.15) is 11.3 Å². The van der Waals surface area contributed by atoms with Crippen LogP contribution >= 0.6 is 0 Å². The molecule has 1 aromatic heterocycles. The van der Waals surface area contributed by atoms with Crippen molar-refractivity contribution >= 4 is 33.6 Å². The maximum absolute atomic E-state index is 13.6. The lowest BCUT2D eigenvalue weighted by molar-refractivity contribution is -0.110. The zero-order chi connectivity index (χ0) is 16.7. The minimum atomic E-state index is -0.466. The van der Waals surface area contributed by atoms with Crippen LogP contribution in [0.15, 0.2) is 54.6 Å². The van der Waals surface area contributed by atoms with Crippen molar-refractivity contribution < 1.29 is 9.18 Å². The fraction of sp³-hybridized carbons (Fsp3) is 0. The molecule has 4 nitrogen and oxygen atoms in total. The maximum atomic E-state index is 13.6. The van der Waals surface area contributed by atoms with Gasteiger partial charge in [-0.25, -0.2) is 9.37 Å². The lowest BCUT2D eigenvalue weighted by Gasteiger charge is -2.05. The Bertz CT molecular complexity index is 1080. The summed E-state index contributed by atoms with van der Waals surface area (Å²) in [5, 5.41) is 13.2. The Labute approximate surface area is 136 Å². The predicted molar refractivity (Wildman–Crippen MR) is 89.2 cm³/mol. The van der Waals surface area contributed by atoms with E-state index in [0.717, 1.165) is 10.9 Å². The van der Waals surface area contributed by atoms with Gasteiger partial charge < -0.3 is 5.32 Å². The maximum Gasteiger partial charge on any atom is 0.257 e. The van der Waals surface area contributed by atoms with Gasteiger partial charge in [0.1, 0.15) is 11.9 Å². The lowest BCUT2D eigenvalue weighted by atomic mass is 9.98. The zero-order valence-corrected chi connectivity index (χ0v) is 12.4. The van der Waals surface area contributed by atoms with E-state index in [0.29, 0.717) is 16.9 Å². The largest absolute Gasteiger partial charge is 0.321 e. The molecular weight excluding hydrogens is 305 g/mol. The van der Waals surface area contributed by atoms with E-state index in [1.165, 1.54) is 18.2 Å². The van der Waals surface area contributed by atoms with E-state index in [9.17, 15) is 14.4 Å². The van der Waals surface area contributed by atoms with Crippen LogP contribution in [0.25, 0.3) is 22.0 Å². The van der Waals surface area contributed by atoms with Crippen molar-refractivity contribution in [2.24, 2.45) is 0 Å². The van der Waals surface area contributed by atoms with Crippen LogP contribution in [0, 0.1) is 17.1 Å². The van der Waals surface area contributed by atoms with Crippen molar-refractivity contribution in [2.75, 3.05) is 5.32 Å². The second-order valence-electron chi connectivity index (χ2n) is 5.40. The van der Waals surface area contributed by atoms with Gasteiger partial charge in [0, 0.05) is 16.6 Å². The molecule has 0 fully saturated rings. The summed E-state index contributed by atoms with van der Waals surface area (Å²) >= 11 is 0. The second-order valence-corrected chi connectivity index (χ2v) is 5.40. The van der Waals surface area contributed by atoms with E-state index in [-0.39, 0.29) is 11.1 Å². The van der Waals surface area contributed by atoms with Crippen LogP contribution in [0.5, 0.6) is 0 Å². The first kappa shape index (κ1) is 14.1. The molecule has 0 atom stereocenters. The molecule has 4 rings (SSSR count). The summed E-state index contributed by atoms with van der Waals surface area (Å²) in [5.74, 6) is -0.895. The highest BCUT2D eigenvalue weighted by Crippen LogP contribution is 2.37. The van der Waals surface area contributed by atoms with Gasteiger partial charge in [0.25, 0.3) is 5.91 Å². The van der Waals surface area contributed by atoms with Crippen LogP contribution in [0.2, 0.25) is 0 Å². The number of allylic oxidation sites excluding steroid dienone is 1. The van der Waals surface area contributed by atoms with E-state index in [2.05, 4.69) is 10.3 Å². The molecule has 3 aromatic rings. The highest BCUT2D eigenvalue weighted by molar-refractivity contribution is 6.37. The molecule has 0 radical (unpaired) electrons. The highest BCUT2D eigenvalue weighted by atomic mass is 19.1. The van der Waals surface area contributed by atoms with E-state index >= 15 is 0 Å². The predicted octanol–water partition coefficient (Wildman–Crippen LogP) is 3.76. The highest BCUT2D eigenvalue weighted by Gasteiger charge is 2.29. The minimum Gasteiger partial charge on any atom is -0.321 e. The summed E-state index contributed by atoms with van der Waals surface area (Å²) in [6, 6.07) is 17.1. The molecule has 0 bridgehead atoms. The summed E-state index contributed by atoms with van der Waals surface area (Å²) in [6.07, 6.45) is 0. The van der Waals surface area contributed by atoms with E-state index < -0.39 is 11.7 Å². The molecule has 1 aliphatic rings. The smallest absolute Gasteiger partial charge is 0.257 e. The summed E-state index contributed by atoms with van der Waals surface area (Å²) in [6.45, 7) is 0. The average Bonchev–Trinajstić information content (AvgIpc) is 2.91. The molecular formula is C19H10FN3O. The molecule has 0 aliphatic carbocycles. The number of para-hydroxylation sites is 1. The molecule has 0 spiro atoms. The number of anilines is 1. The molecule has 24 heavy (non-hydrogen) atoms. The summed E-state index contributed by atoms with van der Waals surface area (Å²) in [5.41, 5.74) is 2.26. The van der Waals surface area contributed by atoms with Crippen molar-refractivity contribution in [3.05, 3.63) is 71.7 Å². The second kappa shape index (κ2) is 5.28. The number of nitrogens with one attached hydrogen (secondary N) is 1. The monoisotopic (exact) mass is 315 g/mol. The third-order valence-electron chi connectivity index (χ3n) is 3.94. The molecule has 1 N–H and O–H groups in total. The standard InChI is InChI=1S/C19H10FN3O/c20-12-6-8-16-13(9-12)18(19(24)23-16)14(10-21)17-7-5-11-3-1-2-4-15(11)22-17/h1-9H,(H,23,24). The number of hydrogen-bond donors (Lipinski definition) is 1. The van der Waals surface area contributed by atoms with Gasteiger partial charge in [-0.3, -0.25) is 4.79 Å². The normalized spacial score (nSPS) is 14.9. The first-order valence-corrected chi connectivity index (χ1v) is 7.29. The average molecular weight is 315 g/mol. The number of benzene rings is 2. The van der Waals surface area contributed by atoms with Crippen LogP contribution in [-0.4, -0.2) is 10.9 Å². The van der Waals surface area contributed by atoms with Crippen molar-refractivity contribution in [2.45, 2.75) is 0 Å². The number of carbonyl (C=O) groups excluding carboxylic acids is 1. The van der Waals surface area contributed by atoms with Crippen LogP contribution in [0.4, 0.5) is 10.1 Å². The number of halogens is 1. The number of rotatable bonds is 1. The molecule has 1 amide bonds. The Balaban J connectivity index is 1.98. The first-order chi connectivity index (χ1) is 11.7. The molecule has 0 saturated heterocycles. The van der Waals surface area contributed by atoms with Crippen molar-refractivity contribution in [1.82, 2.24) is 4.98 Å². The number of hydrogen-bond acceptors (Lipinski definition) is 3. The number of carbonyl (C=O) groups is 1. The third kappa shape index (κ3) is 2.13. The van der Waals surface area contributed by atoms with Gasteiger partial charge in [-0.1, -0.05) is 24.3 Å². The van der Waals surface area contributed by atoms with Crippen LogP contribution < -0.4 is 5.32 Å². The molecule has 2 heterocycles. The van der Waals surface area contributed by atoms with Crippen molar-refractivity contribution in [3.63, 3.8) is 0 Å². The van der Waals surface area contributed by atoms with Crippen molar-refractivity contribution in [1.29, 1.82) is 5.26 Å². The van der Waals surface area contributed by atoms with Gasteiger partial charge in [-0.05, 0) is 30.3 Å². The Morgan fingerprint density at radius 3 is 2.79 bits per heavy atom. The fourth-order valence-corrected chi connectivity index (χ4v) is 2.83. The first-order valence-electron chi connectivity index (χ1n) is 7.29. The quantitative estimate of drug-likeness (QED) is 0.549. The SMILES string of the molecule is N#CC(=C1C(=O)Nc2ccc(F)cc21)c1ccc2ccccc2n1. The van der Waals surface area contributed by atoms with E-state index in [4.69, 9.17) is 0 Å². The van der Waals surface area contributed by atoms with Gasteiger partial charge in [0.05, 0.1) is 22.4 Å². The fourth-order valence-electron chi connectivity index (χ4n) is 2.83. The van der Waals surface area contributed by atoms with Crippen molar-refractivity contribution in [3.8, 4) is 6.07 Å². The molecule has 2 aromatic carbocycles. The van der Waals surface area contributed by atoms with Gasteiger partial charge in [-0.15, -0.1) is 0 Å². The number of nitriles is 1. The van der Waals surface area contributed by atoms with Gasteiger partial charge in [0.15, 0.2) is 0 Å². The summed E-state index contributed by atoms with van der Waals surface area (Å²) < 4.78 is 13.6. The number of aromatic nitrogens is 1. The molecule has 0 saturated carbocycles.